The topological polar surface area (TPSA) is 67.4 Å². The molecule has 0 saturated carbocycles. The van der Waals surface area contributed by atoms with E-state index in [4.69, 9.17) is 4.74 Å². The molecule has 5 nitrogen and oxygen atoms in total. The highest BCUT2D eigenvalue weighted by atomic mass is 19.1. The molecule has 0 spiro atoms. The molecular formula is C27H29FN2O3. The molecule has 4 rings (SSSR count). The second-order valence-corrected chi connectivity index (χ2v) is 8.83. The molecule has 1 saturated heterocycles. The molecular weight excluding hydrogens is 419 g/mol. The Morgan fingerprint density at radius 3 is 2.73 bits per heavy atom. The van der Waals surface area contributed by atoms with Crippen LogP contribution in [0.4, 0.5) is 4.39 Å². The smallest absolute Gasteiger partial charge is 0.220 e. The lowest BCUT2D eigenvalue weighted by Gasteiger charge is -2.30. The third-order valence-electron chi connectivity index (χ3n) is 6.49. The molecule has 0 bridgehead atoms. The number of hydrogen-bond donors (Lipinski definition) is 2. The van der Waals surface area contributed by atoms with Gasteiger partial charge in [0.1, 0.15) is 0 Å². The number of amides is 2. The van der Waals surface area contributed by atoms with Crippen LogP contribution < -0.4 is 15.4 Å². The van der Waals surface area contributed by atoms with Crippen LogP contribution in [0.2, 0.25) is 0 Å². The lowest BCUT2D eigenvalue weighted by Crippen LogP contribution is -2.44. The standard InChI is InChI=1S/C27H29FN2O3/c1-18(21-9-5-7-20-6-3-4-8-22(20)21)29-25(31)12-14-27(15-13-26(32)30-27)17-19-10-11-23(28)24(16-19)33-2/h3-11,16,18H,12-15,17H2,1-2H3,(H,29,31)(H,30,32). The van der Waals surface area contributed by atoms with Crippen molar-refractivity contribution in [2.75, 3.05) is 7.11 Å². The van der Waals surface area contributed by atoms with Gasteiger partial charge in [-0.15, -0.1) is 0 Å². The predicted molar refractivity (Wildman–Crippen MR) is 127 cm³/mol. The first-order valence-corrected chi connectivity index (χ1v) is 11.3. The Morgan fingerprint density at radius 2 is 1.97 bits per heavy atom. The fraction of sp³-hybridized carbons (Fsp3) is 0.333. The zero-order chi connectivity index (χ0) is 23.4. The number of halogens is 1. The molecule has 1 aliphatic rings. The number of carbonyl (C=O) groups excluding carboxylic acids is 2. The number of hydrogen-bond acceptors (Lipinski definition) is 3. The van der Waals surface area contributed by atoms with Crippen LogP contribution in [0, 0.1) is 5.82 Å². The van der Waals surface area contributed by atoms with E-state index < -0.39 is 11.4 Å². The molecule has 3 aromatic carbocycles. The fourth-order valence-corrected chi connectivity index (χ4v) is 4.76. The molecule has 172 valence electrons. The predicted octanol–water partition coefficient (Wildman–Crippen LogP) is 4.84. The van der Waals surface area contributed by atoms with Crippen LogP contribution in [0.3, 0.4) is 0 Å². The van der Waals surface area contributed by atoms with Gasteiger partial charge in [0.05, 0.1) is 13.2 Å². The van der Waals surface area contributed by atoms with Gasteiger partial charge in [0.2, 0.25) is 11.8 Å². The molecule has 33 heavy (non-hydrogen) atoms. The van der Waals surface area contributed by atoms with Crippen molar-refractivity contribution in [1.29, 1.82) is 0 Å². The Hall–Kier alpha value is -3.41. The molecule has 2 amide bonds. The van der Waals surface area contributed by atoms with Crippen molar-refractivity contribution in [1.82, 2.24) is 10.6 Å². The zero-order valence-corrected chi connectivity index (χ0v) is 19.0. The van der Waals surface area contributed by atoms with E-state index >= 15 is 0 Å². The SMILES string of the molecule is COc1cc(CC2(CCC(=O)NC(C)c3cccc4ccccc34)CCC(=O)N2)ccc1F. The fourth-order valence-electron chi connectivity index (χ4n) is 4.76. The highest BCUT2D eigenvalue weighted by Crippen LogP contribution is 2.31. The van der Waals surface area contributed by atoms with Gasteiger partial charge < -0.3 is 15.4 Å². The van der Waals surface area contributed by atoms with Gasteiger partial charge in [-0.1, -0.05) is 48.5 Å². The maximum absolute atomic E-state index is 13.8. The molecule has 3 aromatic rings. The van der Waals surface area contributed by atoms with Crippen LogP contribution in [0.5, 0.6) is 5.75 Å². The average molecular weight is 449 g/mol. The number of nitrogens with one attached hydrogen (secondary N) is 2. The van der Waals surface area contributed by atoms with Gasteiger partial charge in [-0.3, -0.25) is 9.59 Å². The minimum atomic E-state index is -0.528. The third-order valence-corrected chi connectivity index (χ3v) is 6.49. The molecule has 6 heteroatoms. The summed E-state index contributed by atoms with van der Waals surface area (Å²) in [5, 5.41) is 8.45. The molecule has 2 atom stereocenters. The summed E-state index contributed by atoms with van der Waals surface area (Å²) in [6, 6.07) is 18.8. The second kappa shape index (κ2) is 9.61. The molecule has 0 aromatic heterocycles. The van der Waals surface area contributed by atoms with Crippen molar-refractivity contribution in [3.63, 3.8) is 0 Å². The third kappa shape index (κ3) is 5.16. The number of carbonyl (C=O) groups is 2. The molecule has 0 aliphatic carbocycles. The minimum absolute atomic E-state index is 0.0198. The normalized spacial score (nSPS) is 18.7. The van der Waals surface area contributed by atoms with E-state index in [1.165, 1.54) is 13.2 Å². The van der Waals surface area contributed by atoms with Gasteiger partial charge in [-0.05, 0) is 60.2 Å². The monoisotopic (exact) mass is 448 g/mol. The van der Waals surface area contributed by atoms with Gasteiger partial charge in [0.25, 0.3) is 0 Å². The summed E-state index contributed by atoms with van der Waals surface area (Å²) in [6.07, 6.45) is 2.37. The van der Waals surface area contributed by atoms with E-state index in [-0.39, 0.29) is 30.0 Å². The van der Waals surface area contributed by atoms with E-state index in [0.29, 0.717) is 25.7 Å². The van der Waals surface area contributed by atoms with Gasteiger partial charge in [-0.2, -0.15) is 0 Å². The summed E-state index contributed by atoms with van der Waals surface area (Å²) in [7, 11) is 1.43. The molecule has 2 N–H and O–H groups in total. The maximum atomic E-state index is 13.8. The van der Waals surface area contributed by atoms with Crippen molar-refractivity contribution in [2.24, 2.45) is 0 Å². The van der Waals surface area contributed by atoms with Gasteiger partial charge in [-0.25, -0.2) is 4.39 Å². The van der Waals surface area contributed by atoms with Crippen LogP contribution in [0.25, 0.3) is 10.8 Å². The van der Waals surface area contributed by atoms with Crippen molar-refractivity contribution < 1.29 is 18.7 Å². The summed E-state index contributed by atoms with van der Waals surface area (Å²) in [5.41, 5.74) is 1.41. The second-order valence-electron chi connectivity index (χ2n) is 8.83. The lowest BCUT2D eigenvalue weighted by molar-refractivity contribution is -0.123. The van der Waals surface area contributed by atoms with E-state index in [0.717, 1.165) is 21.9 Å². The van der Waals surface area contributed by atoms with Crippen molar-refractivity contribution >= 4 is 22.6 Å². The van der Waals surface area contributed by atoms with Crippen molar-refractivity contribution in [2.45, 2.75) is 50.6 Å². The van der Waals surface area contributed by atoms with Crippen LogP contribution in [0.1, 0.15) is 49.8 Å². The molecule has 1 aliphatic heterocycles. The van der Waals surface area contributed by atoms with Gasteiger partial charge in [0, 0.05) is 18.4 Å². The molecule has 1 heterocycles. The number of rotatable bonds is 8. The van der Waals surface area contributed by atoms with Gasteiger partial charge >= 0.3 is 0 Å². The van der Waals surface area contributed by atoms with E-state index in [1.807, 2.05) is 31.2 Å². The number of fused-ring (bicyclic) bond motifs is 1. The van der Waals surface area contributed by atoms with Crippen molar-refractivity contribution in [3.8, 4) is 5.75 Å². The van der Waals surface area contributed by atoms with Crippen LogP contribution >= 0.6 is 0 Å². The summed E-state index contributed by atoms with van der Waals surface area (Å²) >= 11 is 0. The Bertz CT molecular complexity index is 1170. The van der Waals surface area contributed by atoms with Gasteiger partial charge in [0.15, 0.2) is 11.6 Å². The first-order chi connectivity index (χ1) is 15.9. The summed E-state index contributed by atoms with van der Waals surface area (Å²) in [5.74, 6) is -0.331. The maximum Gasteiger partial charge on any atom is 0.220 e. The number of ether oxygens (including phenoxy) is 1. The summed E-state index contributed by atoms with van der Waals surface area (Å²) in [6.45, 7) is 1.98. The van der Waals surface area contributed by atoms with Crippen LogP contribution in [-0.2, 0) is 16.0 Å². The summed E-state index contributed by atoms with van der Waals surface area (Å²) in [4.78, 5) is 24.9. The van der Waals surface area contributed by atoms with E-state index in [9.17, 15) is 14.0 Å². The Kier molecular flexibility index (Phi) is 6.63. The van der Waals surface area contributed by atoms with E-state index in [1.54, 1.807) is 12.1 Å². The average Bonchev–Trinajstić information content (AvgIpc) is 3.19. The zero-order valence-electron chi connectivity index (χ0n) is 19.0. The Labute approximate surface area is 193 Å². The molecule has 2 unspecified atom stereocenters. The Balaban J connectivity index is 1.44. The van der Waals surface area contributed by atoms with Crippen LogP contribution in [-0.4, -0.2) is 24.5 Å². The molecule has 0 radical (unpaired) electrons. The van der Waals surface area contributed by atoms with E-state index in [2.05, 4.69) is 28.8 Å². The Morgan fingerprint density at radius 1 is 1.18 bits per heavy atom. The summed E-state index contributed by atoms with van der Waals surface area (Å²) < 4.78 is 18.9. The highest BCUT2D eigenvalue weighted by molar-refractivity contribution is 5.87. The quantitative estimate of drug-likeness (QED) is 0.518. The number of methoxy groups -OCH3 is 1. The largest absolute Gasteiger partial charge is 0.494 e. The molecule has 1 fully saturated rings. The number of benzene rings is 3. The first kappa shape index (κ1) is 22.8. The lowest BCUT2D eigenvalue weighted by atomic mass is 9.84. The minimum Gasteiger partial charge on any atom is -0.494 e. The van der Waals surface area contributed by atoms with Crippen LogP contribution in [0.15, 0.2) is 60.7 Å². The highest BCUT2D eigenvalue weighted by Gasteiger charge is 2.38. The first-order valence-electron chi connectivity index (χ1n) is 11.3. The van der Waals surface area contributed by atoms with Crippen molar-refractivity contribution in [3.05, 3.63) is 77.6 Å².